The highest BCUT2D eigenvalue weighted by Crippen LogP contribution is 2.59. The van der Waals surface area contributed by atoms with Crippen LogP contribution in [0.3, 0.4) is 0 Å². The number of benzene rings is 1. The molecule has 16 heavy (non-hydrogen) atoms. The van der Waals surface area contributed by atoms with Crippen molar-refractivity contribution in [3.8, 4) is 0 Å². The summed E-state index contributed by atoms with van der Waals surface area (Å²) in [4.78, 5) is 17.2. The first-order chi connectivity index (χ1) is 7.60. The standard InChI is InChI=1S/C11H9Cl2NO2/c1-16-14-8-5-6(12)4-7(13)9(8)11(2-3-11)10(14)15/h4-5H,2-3H2,1H3. The highest BCUT2D eigenvalue weighted by atomic mass is 35.5. The lowest BCUT2D eigenvalue weighted by molar-refractivity contribution is -0.126. The summed E-state index contributed by atoms with van der Waals surface area (Å²) < 4.78 is 0. The number of carbonyl (C=O) groups is 1. The molecule has 2 aliphatic rings. The Morgan fingerprint density at radius 3 is 2.62 bits per heavy atom. The van der Waals surface area contributed by atoms with E-state index in [1.165, 1.54) is 12.2 Å². The summed E-state index contributed by atoms with van der Waals surface area (Å²) >= 11 is 12.1. The number of fused-ring (bicyclic) bond motifs is 2. The van der Waals surface area contributed by atoms with Gasteiger partial charge in [0.05, 0.1) is 18.2 Å². The van der Waals surface area contributed by atoms with E-state index in [4.69, 9.17) is 28.0 Å². The summed E-state index contributed by atoms with van der Waals surface area (Å²) in [5, 5.41) is 2.35. The second-order valence-corrected chi connectivity index (χ2v) is 4.99. The molecule has 0 bridgehead atoms. The normalized spacial score (nSPS) is 20.4. The van der Waals surface area contributed by atoms with E-state index in [1.807, 2.05) is 0 Å². The van der Waals surface area contributed by atoms with Gasteiger partial charge in [-0.15, -0.1) is 0 Å². The fourth-order valence-corrected chi connectivity index (χ4v) is 3.04. The average Bonchev–Trinajstić information content (AvgIpc) is 2.94. The number of amides is 1. The van der Waals surface area contributed by atoms with Gasteiger partial charge in [0, 0.05) is 15.6 Å². The first-order valence-corrected chi connectivity index (χ1v) is 5.74. The molecule has 1 aromatic rings. The van der Waals surface area contributed by atoms with E-state index >= 15 is 0 Å². The van der Waals surface area contributed by atoms with Crippen molar-refractivity contribution in [1.82, 2.24) is 0 Å². The Morgan fingerprint density at radius 1 is 1.38 bits per heavy atom. The molecule has 1 aromatic carbocycles. The Morgan fingerprint density at radius 2 is 2.06 bits per heavy atom. The topological polar surface area (TPSA) is 29.5 Å². The molecule has 1 saturated carbocycles. The van der Waals surface area contributed by atoms with Gasteiger partial charge in [-0.1, -0.05) is 23.2 Å². The van der Waals surface area contributed by atoms with Gasteiger partial charge in [-0.3, -0.25) is 9.63 Å². The van der Waals surface area contributed by atoms with Gasteiger partial charge >= 0.3 is 0 Å². The number of hydroxylamine groups is 1. The van der Waals surface area contributed by atoms with Crippen LogP contribution in [-0.2, 0) is 15.0 Å². The zero-order valence-electron chi connectivity index (χ0n) is 8.59. The van der Waals surface area contributed by atoms with Crippen LogP contribution in [0.25, 0.3) is 0 Å². The van der Waals surface area contributed by atoms with Crippen molar-refractivity contribution in [2.75, 3.05) is 12.2 Å². The molecule has 1 amide bonds. The van der Waals surface area contributed by atoms with Crippen molar-refractivity contribution in [3.63, 3.8) is 0 Å². The third-order valence-corrected chi connectivity index (χ3v) is 3.77. The van der Waals surface area contributed by atoms with Gasteiger partial charge in [0.2, 0.25) is 0 Å². The van der Waals surface area contributed by atoms with E-state index in [-0.39, 0.29) is 5.91 Å². The van der Waals surface area contributed by atoms with Gasteiger partial charge in [0.1, 0.15) is 0 Å². The number of anilines is 1. The molecular formula is C11H9Cl2NO2. The van der Waals surface area contributed by atoms with E-state index in [1.54, 1.807) is 12.1 Å². The molecule has 0 saturated heterocycles. The first kappa shape index (κ1) is 10.4. The Kier molecular flexibility index (Phi) is 2.03. The number of rotatable bonds is 1. The molecule has 1 aliphatic carbocycles. The van der Waals surface area contributed by atoms with Crippen LogP contribution in [0, 0.1) is 0 Å². The van der Waals surface area contributed by atoms with Crippen LogP contribution in [0.15, 0.2) is 12.1 Å². The Labute approximate surface area is 103 Å². The Hall–Kier alpha value is -0.770. The molecule has 84 valence electrons. The minimum atomic E-state index is -0.437. The second-order valence-electron chi connectivity index (χ2n) is 4.15. The van der Waals surface area contributed by atoms with E-state index in [0.29, 0.717) is 15.7 Å². The third kappa shape index (κ3) is 1.11. The van der Waals surface area contributed by atoms with Crippen LogP contribution in [0.5, 0.6) is 0 Å². The minimum Gasteiger partial charge on any atom is -0.271 e. The van der Waals surface area contributed by atoms with Gasteiger partial charge in [0.25, 0.3) is 5.91 Å². The predicted molar refractivity (Wildman–Crippen MR) is 61.9 cm³/mol. The van der Waals surface area contributed by atoms with Crippen LogP contribution in [0.4, 0.5) is 5.69 Å². The molecule has 1 fully saturated rings. The van der Waals surface area contributed by atoms with Gasteiger partial charge in [-0.2, -0.15) is 5.06 Å². The average molecular weight is 258 g/mol. The van der Waals surface area contributed by atoms with Crippen molar-refractivity contribution in [2.24, 2.45) is 0 Å². The van der Waals surface area contributed by atoms with Crippen LogP contribution in [-0.4, -0.2) is 13.0 Å². The maximum atomic E-state index is 12.1. The molecule has 1 aliphatic heterocycles. The van der Waals surface area contributed by atoms with Crippen LogP contribution in [0.2, 0.25) is 10.0 Å². The number of hydrogen-bond donors (Lipinski definition) is 0. The fraction of sp³-hybridized carbons (Fsp3) is 0.364. The second kappa shape index (κ2) is 3.13. The third-order valence-electron chi connectivity index (χ3n) is 3.26. The monoisotopic (exact) mass is 257 g/mol. The molecule has 3 nitrogen and oxygen atoms in total. The molecule has 0 unspecified atom stereocenters. The summed E-state index contributed by atoms with van der Waals surface area (Å²) in [6.45, 7) is 0. The van der Waals surface area contributed by atoms with Crippen molar-refractivity contribution >= 4 is 34.8 Å². The quantitative estimate of drug-likeness (QED) is 0.775. The lowest BCUT2D eigenvalue weighted by Gasteiger charge is -2.13. The largest absolute Gasteiger partial charge is 0.271 e. The summed E-state index contributed by atoms with van der Waals surface area (Å²) in [7, 11) is 1.47. The van der Waals surface area contributed by atoms with Crippen molar-refractivity contribution in [2.45, 2.75) is 18.3 Å². The van der Waals surface area contributed by atoms with Crippen LogP contribution in [0.1, 0.15) is 18.4 Å². The van der Waals surface area contributed by atoms with E-state index in [0.717, 1.165) is 18.4 Å². The van der Waals surface area contributed by atoms with E-state index in [9.17, 15) is 4.79 Å². The summed E-state index contributed by atoms with van der Waals surface area (Å²) in [5.41, 5.74) is 1.11. The van der Waals surface area contributed by atoms with Crippen LogP contribution >= 0.6 is 23.2 Å². The van der Waals surface area contributed by atoms with Gasteiger partial charge in [-0.05, 0) is 25.0 Å². The maximum Gasteiger partial charge on any atom is 0.261 e. The zero-order chi connectivity index (χ0) is 11.5. The van der Waals surface area contributed by atoms with E-state index < -0.39 is 5.41 Å². The molecule has 1 heterocycles. The lowest BCUT2D eigenvalue weighted by atomic mass is 9.98. The molecular weight excluding hydrogens is 249 g/mol. The lowest BCUT2D eigenvalue weighted by Crippen LogP contribution is -2.30. The van der Waals surface area contributed by atoms with Gasteiger partial charge in [-0.25, -0.2) is 0 Å². The summed E-state index contributed by atoms with van der Waals surface area (Å²) in [6, 6.07) is 3.39. The summed E-state index contributed by atoms with van der Waals surface area (Å²) in [6.07, 6.45) is 1.67. The molecule has 0 aromatic heterocycles. The van der Waals surface area contributed by atoms with Crippen molar-refractivity contribution in [3.05, 3.63) is 27.7 Å². The number of halogens is 2. The minimum absolute atomic E-state index is 0.0332. The Bertz CT molecular complexity index is 497. The smallest absolute Gasteiger partial charge is 0.261 e. The highest BCUT2D eigenvalue weighted by molar-refractivity contribution is 6.37. The predicted octanol–water partition coefficient (Wildman–Crippen LogP) is 2.93. The number of nitrogens with zero attached hydrogens (tertiary/aromatic N) is 1. The van der Waals surface area contributed by atoms with Crippen LogP contribution < -0.4 is 5.06 Å². The van der Waals surface area contributed by atoms with Gasteiger partial charge in [0.15, 0.2) is 0 Å². The first-order valence-electron chi connectivity index (χ1n) is 4.98. The Balaban J connectivity index is 2.28. The molecule has 5 heteroatoms. The van der Waals surface area contributed by atoms with Gasteiger partial charge < -0.3 is 0 Å². The van der Waals surface area contributed by atoms with E-state index in [2.05, 4.69) is 0 Å². The molecule has 1 spiro atoms. The fourth-order valence-electron chi connectivity index (χ4n) is 2.37. The van der Waals surface area contributed by atoms with Crippen molar-refractivity contribution in [1.29, 1.82) is 0 Å². The molecule has 0 N–H and O–H groups in total. The molecule has 3 rings (SSSR count). The zero-order valence-corrected chi connectivity index (χ0v) is 10.1. The molecule has 0 atom stereocenters. The maximum absolute atomic E-state index is 12.1. The number of hydrogen-bond acceptors (Lipinski definition) is 2. The number of carbonyl (C=O) groups excluding carboxylic acids is 1. The summed E-state index contributed by atoms with van der Waals surface area (Å²) in [5.74, 6) is -0.0332. The van der Waals surface area contributed by atoms with Crippen molar-refractivity contribution < 1.29 is 9.63 Å². The highest BCUT2D eigenvalue weighted by Gasteiger charge is 2.61. The molecule has 0 radical (unpaired) electrons. The SMILES string of the molecule is CON1C(=O)C2(CC2)c2c(Cl)cc(Cl)cc21.